The van der Waals surface area contributed by atoms with Crippen LogP contribution in [0.4, 0.5) is 19.2 Å². The first-order valence-electron chi connectivity index (χ1n) is 54.9. The minimum atomic E-state index is -0.630. The molecule has 10 aliphatic rings. The highest BCUT2D eigenvalue weighted by Gasteiger charge is 2.51. The summed E-state index contributed by atoms with van der Waals surface area (Å²) in [6, 6.07) is 34.3. The van der Waals surface area contributed by atoms with Crippen LogP contribution in [0.25, 0.3) is 0 Å². The molecular formula is C122H188Cl2N6O14S6. The van der Waals surface area contributed by atoms with Gasteiger partial charge in [-0.3, -0.25) is 0 Å². The molecule has 0 bridgehead atoms. The van der Waals surface area contributed by atoms with Gasteiger partial charge in [0.1, 0.15) is 58.9 Å². The molecule has 0 radical (unpaired) electrons. The van der Waals surface area contributed by atoms with Crippen molar-refractivity contribution in [3.8, 4) is 34.5 Å². The Bertz CT molecular complexity index is 5100. The number of nitrogens with two attached hydrogens (primary N) is 3. The number of rotatable bonds is 18. The number of phenolic OH excluding ortho intramolecular Hbond substituents is 5. The fourth-order valence-electron chi connectivity index (χ4n) is 26.3. The molecule has 7 unspecified atom stereocenters. The Kier molecular flexibility index (Phi) is 46.3. The number of fused-ring (bicyclic) bond motifs is 6. The van der Waals surface area contributed by atoms with Crippen LogP contribution in [-0.4, -0.2) is 180 Å². The van der Waals surface area contributed by atoms with Crippen LogP contribution in [0.15, 0.2) is 109 Å². The van der Waals surface area contributed by atoms with Gasteiger partial charge in [-0.05, 0) is 338 Å². The second-order valence-corrected chi connectivity index (χ2v) is 56.3. The van der Waals surface area contributed by atoms with Crippen molar-refractivity contribution in [3.05, 3.63) is 176 Å². The lowest BCUT2D eigenvalue weighted by Crippen LogP contribution is -2.57. The number of alkyl carbamates (subject to hydrolysis) is 3. The number of hydrogen-bond donors (Lipinski definition) is 11. The monoisotopic (exact) mass is 2220 g/mol. The van der Waals surface area contributed by atoms with E-state index in [1.807, 2.05) is 108 Å². The average molecular weight is 2230 g/mol. The molecule has 20 nitrogen and oxygen atoms in total. The number of thioether (sulfide) groups is 6. The summed E-state index contributed by atoms with van der Waals surface area (Å²) in [4.78, 5) is 52.3. The van der Waals surface area contributed by atoms with Crippen LogP contribution in [-0.2, 0) is 90.0 Å². The third-order valence-electron chi connectivity index (χ3n) is 36.1. The number of benzene rings is 6. The molecule has 0 aromatic heterocycles. The Morgan fingerprint density at radius 2 is 0.500 bits per heavy atom. The molecule has 0 heterocycles. The zero-order chi connectivity index (χ0) is 109. The first-order chi connectivity index (χ1) is 69.4. The highest BCUT2D eigenvalue weighted by atomic mass is 35.5. The highest BCUT2D eigenvalue weighted by molar-refractivity contribution is 8.00. The molecule has 0 aliphatic heterocycles. The summed E-state index contributed by atoms with van der Waals surface area (Å²) in [6.45, 7) is 52.7. The first-order valence-corrected chi connectivity index (χ1v) is 62.7. The van der Waals surface area contributed by atoms with Crippen LogP contribution in [0.2, 0.25) is 0 Å². The molecule has 10 aliphatic carbocycles. The van der Waals surface area contributed by atoms with E-state index in [4.69, 9.17) is 40.9 Å². The number of hydrogen-bond acceptors (Lipinski definition) is 23. The molecule has 0 spiro atoms. The molecule has 28 heteroatoms. The lowest BCUT2D eigenvalue weighted by atomic mass is 9.69. The molecule has 0 saturated heterocycles. The summed E-state index contributed by atoms with van der Waals surface area (Å²) < 4.78 is 29.9. The molecule has 24 atom stereocenters. The Labute approximate surface area is 939 Å². The van der Waals surface area contributed by atoms with Gasteiger partial charge in [-0.2, -0.15) is 70.6 Å². The molecular weight excluding hydrogens is 2040 g/mol. The lowest BCUT2D eigenvalue weighted by Gasteiger charge is -2.45. The Hall–Kier alpha value is -6.04. The van der Waals surface area contributed by atoms with Crippen LogP contribution < -0.4 is 37.9 Å². The molecule has 4 fully saturated rings. The van der Waals surface area contributed by atoms with Crippen molar-refractivity contribution in [3.63, 3.8) is 0 Å². The van der Waals surface area contributed by atoms with Gasteiger partial charge in [0.05, 0.1) is 18.1 Å². The van der Waals surface area contributed by atoms with Gasteiger partial charge in [0.15, 0.2) is 0 Å². The predicted molar refractivity (Wildman–Crippen MR) is 637 cm³/mol. The fraction of sp³-hybridized carbons (Fsp3) is 0.672. The number of amides is 3. The normalized spacial score (nSPS) is 30.0. The van der Waals surface area contributed by atoms with Gasteiger partial charge in [0.2, 0.25) is 0 Å². The van der Waals surface area contributed by atoms with E-state index in [1.54, 1.807) is 65.6 Å². The Morgan fingerprint density at radius 3 is 0.720 bits per heavy atom. The summed E-state index contributed by atoms with van der Waals surface area (Å²) in [5, 5.41) is 60.7. The Morgan fingerprint density at radius 1 is 0.300 bits per heavy atom. The van der Waals surface area contributed by atoms with Crippen molar-refractivity contribution in [2.75, 3.05) is 37.5 Å². The number of halogens is 2. The van der Waals surface area contributed by atoms with E-state index < -0.39 is 11.6 Å². The molecule has 16 rings (SSSR count). The minimum Gasteiger partial charge on any atom is -0.508 e. The van der Waals surface area contributed by atoms with Crippen molar-refractivity contribution in [2.45, 2.75) is 406 Å². The number of ether oxygens (including phenoxy) is 5. The maximum absolute atomic E-state index is 13.4. The Balaban J connectivity index is 0.000000207. The van der Waals surface area contributed by atoms with Crippen molar-refractivity contribution in [2.24, 2.45) is 88.2 Å². The van der Waals surface area contributed by atoms with Gasteiger partial charge in [-0.1, -0.05) is 228 Å². The van der Waals surface area contributed by atoms with Crippen LogP contribution in [0.3, 0.4) is 0 Å². The first kappa shape index (κ1) is 127. The van der Waals surface area contributed by atoms with Gasteiger partial charge < -0.3 is 82.4 Å². The third kappa shape index (κ3) is 30.5. The lowest BCUT2D eigenvalue weighted by molar-refractivity contribution is -0.0137. The summed E-state index contributed by atoms with van der Waals surface area (Å²) >= 11 is 10.9. The van der Waals surface area contributed by atoms with Gasteiger partial charge in [0, 0.05) is 82.1 Å². The van der Waals surface area contributed by atoms with Crippen LogP contribution in [0.5, 0.6) is 34.5 Å². The molecule has 4 saturated carbocycles. The van der Waals surface area contributed by atoms with Gasteiger partial charge in [0.25, 0.3) is 0 Å². The van der Waals surface area contributed by atoms with E-state index >= 15 is 0 Å². The van der Waals surface area contributed by atoms with E-state index in [9.17, 15) is 44.7 Å². The predicted octanol–water partition coefficient (Wildman–Crippen LogP) is 27.5. The SMILES string of the molecule is CSC1Cc2ccc(O)cc2C(C)(C)C1N.CSC1Cc2ccc(OC(=O)O[C@@H]3C[C@H](C)CC[C@H]3C(C)C)cc2C(C)(C)C1NC(=O)OC1C[C@H](C)CC[C@H]1C(C)C.CS[C@@H]1Cc2ccc(O)cc2C(C)(C)[C@H]1N.CS[C@@H]1Cc2ccc(O)cc2C(C)(C)[C@H]1NC(=O)OC1C[C@H](C)CC[C@H]1C(C)C.CS[C@H]1Cc2ccc(O)cc2C(C)(C)[C@@H]1N.CS[C@H]1Cc2ccc(O)cc2C(C)(C)[C@@H]1NC(=O)OC1C[C@H](C)CC[C@H]1C(C)C.Cl.Cl. The van der Waals surface area contributed by atoms with E-state index in [-0.39, 0.29) is 158 Å². The molecule has 6 aromatic rings. The van der Waals surface area contributed by atoms with Gasteiger partial charge in [-0.15, -0.1) is 24.8 Å². The quantitative estimate of drug-likeness (QED) is 0.0216. The zero-order valence-electron chi connectivity index (χ0n) is 95.7. The zero-order valence-corrected chi connectivity index (χ0v) is 102. The molecule has 6 aromatic carbocycles. The number of carbonyl (C=O) groups is 4. The molecule has 3 amide bonds. The van der Waals surface area contributed by atoms with Gasteiger partial charge in [-0.25, -0.2) is 19.2 Å². The number of aromatic hydroxyl groups is 5. The summed E-state index contributed by atoms with van der Waals surface area (Å²) in [5.41, 5.74) is 32.4. The highest BCUT2D eigenvalue weighted by Crippen LogP contribution is 2.51. The second-order valence-electron chi connectivity index (χ2n) is 49.8. The molecule has 150 heavy (non-hydrogen) atoms. The largest absolute Gasteiger partial charge is 0.514 e. The standard InChI is InChI=1S/C35H55NO5S.2C24H37NO3S.3C13H19NOS.2ClH/c1-20(2)26-14-10-22(5)16-29(26)40-33(37)36-32-31(42-9)18-24-12-13-25(19-28(24)35(32,7)8)39-34(38)41-30-17-23(6)11-15-27(30)21(3)4;2*1-14(2)18-10-7-15(3)11-20(18)28-23(27)25-22-21(29-6)12-16-8-9-17(26)13-19(16)24(22,4)5;3*1-13(2)10-7-9(15)5-4-8(10)6-11(16-3)12(13)14;;/h12-13,19-23,26-27,29-32H,10-11,14-18H2,1-9H3,(H,36,37);2*8-9,13-15,18,20-22,26H,7,10-12H2,1-6H3,(H,25,27);3*4-5,7,11-12,15H,6,14H2,1-3H3;2*1H/t22-,23-,26+,27+,29?,30-,31?,32?;15-,18+,20?,21+,22-;15-,18+,20?,21-,22+;2*11-,12+;;;/m11110.../s1. The van der Waals surface area contributed by atoms with Crippen LogP contribution >= 0.6 is 95.4 Å². The van der Waals surface area contributed by atoms with Crippen molar-refractivity contribution in [1.29, 1.82) is 0 Å². The maximum Gasteiger partial charge on any atom is 0.514 e. The van der Waals surface area contributed by atoms with Crippen molar-refractivity contribution >= 4 is 120 Å². The van der Waals surface area contributed by atoms with Crippen molar-refractivity contribution in [1.82, 2.24) is 16.0 Å². The van der Waals surface area contributed by atoms with Gasteiger partial charge >= 0.3 is 24.4 Å². The maximum atomic E-state index is 13.4. The second kappa shape index (κ2) is 54.5. The van der Waals surface area contributed by atoms with Crippen molar-refractivity contribution < 1.29 is 68.4 Å². The minimum absolute atomic E-state index is 0. The topological polar surface area (TPSA) is 330 Å². The summed E-state index contributed by atoms with van der Waals surface area (Å²) in [5.74, 6) is 7.94. The van der Waals surface area contributed by atoms with E-state index in [0.29, 0.717) is 110 Å². The fourth-order valence-corrected chi connectivity index (χ4v) is 32.3. The smallest absolute Gasteiger partial charge is 0.508 e. The molecule has 840 valence electrons. The van der Waals surface area contributed by atoms with E-state index in [1.165, 1.54) is 75.8 Å². The summed E-state index contributed by atoms with van der Waals surface area (Å²) in [6.07, 6.45) is 29.5. The number of phenols is 5. The third-order valence-corrected chi connectivity index (χ3v) is 42.4. The van der Waals surface area contributed by atoms with E-state index in [0.717, 1.165) is 107 Å². The number of nitrogens with one attached hydrogen (secondary N) is 3. The van der Waals surface area contributed by atoms with E-state index in [2.05, 4.69) is 226 Å². The average Bonchev–Trinajstić information content (AvgIpc) is 0.730. The van der Waals surface area contributed by atoms with Crippen LogP contribution in [0, 0.1) is 71.0 Å². The summed E-state index contributed by atoms with van der Waals surface area (Å²) in [7, 11) is 0. The van der Waals surface area contributed by atoms with Crippen LogP contribution in [0.1, 0.15) is 310 Å². The number of carbonyl (C=O) groups excluding carboxylic acids is 4. The molecule has 14 N–H and O–H groups in total.